The summed E-state index contributed by atoms with van der Waals surface area (Å²) in [5.41, 5.74) is 2.26. The third-order valence-electron chi connectivity index (χ3n) is 2.68. The predicted octanol–water partition coefficient (Wildman–Crippen LogP) is -0.0127. The molecule has 2 aromatic rings. The minimum atomic E-state index is -1.45. The fraction of sp³-hybridized carbons (Fsp3) is 0.250. The van der Waals surface area contributed by atoms with Gasteiger partial charge in [-0.25, -0.2) is 0 Å². The Kier molecular flexibility index (Phi) is 3.69. The average Bonchev–Trinajstić information content (AvgIpc) is 2.72. The van der Waals surface area contributed by atoms with Crippen molar-refractivity contribution in [2.24, 2.45) is 7.05 Å². The second-order valence-electron chi connectivity index (χ2n) is 4.20. The molecule has 0 aliphatic rings. The number of rotatable bonds is 4. The average molecular weight is 246 g/mol. The summed E-state index contributed by atoms with van der Waals surface area (Å²) in [6.07, 6.45) is 3.64. The van der Waals surface area contributed by atoms with E-state index in [4.69, 9.17) is 14.8 Å². The van der Waals surface area contributed by atoms with Gasteiger partial charge in [-0.15, -0.1) is 0 Å². The van der Waals surface area contributed by atoms with Crippen molar-refractivity contribution in [2.75, 3.05) is 0 Å². The van der Waals surface area contributed by atoms with Crippen LogP contribution < -0.4 is 10.2 Å². The van der Waals surface area contributed by atoms with E-state index in [0.29, 0.717) is 17.8 Å². The number of ether oxygens (including phenoxy) is 1. The van der Waals surface area contributed by atoms with Crippen molar-refractivity contribution >= 4 is 12.6 Å². The van der Waals surface area contributed by atoms with Crippen LogP contribution in [0.15, 0.2) is 30.6 Å². The third kappa shape index (κ3) is 2.91. The van der Waals surface area contributed by atoms with Gasteiger partial charge in [0, 0.05) is 18.8 Å². The molecule has 0 aliphatic carbocycles. The molecule has 6 heteroatoms. The van der Waals surface area contributed by atoms with Crippen molar-refractivity contribution < 1.29 is 14.8 Å². The Morgan fingerprint density at radius 1 is 1.39 bits per heavy atom. The maximum absolute atomic E-state index is 9.11. The molecule has 0 bridgehead atoms. The monoisotopic (exact) mass is 246 g/mol. The number of benzene rings is 1. The molecule has 94 valence electrons. The number of hydrogen-bond acceptors (Lipinski definition) is 4. The predicted molar refractivity (Wildman–Crippen MR) is 68.5 cm³/mol. The topological polar surface area (TPSA) is 67.5 Å². The maximum atomic E-state index is 9.11. The van der Waals surface area contributed by atoms with E-state index in [1.165, 1.54) is 0 Å². The van der Waals surface area contributed by atoms with Gasteiger partial charge < -0.3 is 14.8 Å². The summed E-state index contributed by atoms with van der Waals surface area (Å²) in [6, 6.07) is 5.15. The smallest absolute Gasteiger partial charge is 0.488 e. The van der Waals surface area contributed by atoms with E-state index in [1.54, 1.807) is 29.1 Å². The van der Waals surface area contributed by atoms with Gasteiger partial charge in [0.2, 0.25) is 0 Å². The van der Waals surface area contributed by atoms with Crippen LogP contribution >= 0.6 is 0 Å². The summed E-state index contributed by atoms with van der Waals surface area (Å²) < 4.78 is 7.32. The lowest BCUT2D eigenvalue weighted by Gasteiger charge is -2.09. The number of hydrogen-bond donors (Lipinski definition) is 2. The van der Waals surface area contributed by atoms with E-state index >= 15 is 0 Å². The summed E-state index contributed by atoms with van der Waals surface area (Å²) in [4.78, 5) is 0. The fourth-order valence-electron chi connectivity index (χ4n) is 1.74. The second-order valence-corrected chi connectivity index (χ2v) is 4.20. The zero-order valence-corrected chi connectivity index (χ0v) is 10.4. The molecular weight excluding hydrogens is 231 g/mol. The molecule has 0 radical (unpaired) electrons. The molecule has 0 spiro atoms. The first-order chi connectivity index (χ1) is 8.56. The molecule has 1 heterocycles. The molecule has 0 atom stereocenters. The molecule has 18 heavy (non-hydrogen) atoms. The van der Waals surface area contributed by atoms with Crippen molar-refractivity contribution in [3.63, 3.8) is 0 Å². The van der Waals surface area contributed by atoms with Gasteiger partial charge in [0.1, 0.15) is 12.4 Å². The van der Waals surface area contributed by atoms with Gasteiger partial charge in [0.15, 0.2) is 0 Å². The van der Waals surface area contributed by atoms with Gasteiger partial charge in [0.05, 0.1) is 6.20 Å². The Morgan fingerprint density at radius 3 is 2.72 bits per heavy atom. The third-order valence-corrected chi connectivity index (χ3v) is 2.68. The van der Waals surface area contributed by atoms with Gasteiger partial charge in [-0.05, 0) is 30.1 Å². The Bertz CT molecular complexity index is 540. The molecule has 0 fully saturated rings. The molecule has 0 saturated heterocycles. The van der Waals surface area contributed by atoms with E-state index in [1.807, 2.05) is 20.2 Å². The first kappa shape index (κ1) is 12.7. The highest BCUT2D eigenvalue weighted by molar-refractivity contribution is 6.59. The van der Waals surface area contributed by atoms with Crippen LogP contribution in [-0.2, 0) is 13.7 Å². The van der Waals surface area contributed by atoms with Crippen molar-refractivity contribution in [3.05, 3.63) is 41.7 Å². The van der Waals surface area contributed by atoms with Crippen LogP contribution in [0.5, 0.6) is 5.75 Å². The minimum absolute atomic E-state index is 0.439. The summed E-state index contributed by atoms with van der Waals surface area (Å²) in [7, 11) is 0.405. The lowest BCUT2D eigenvalue weighted by Crippen LogP contribution is -2.31. The molecule has 2 rings (SSSR count). The van der Waals surface area contributed by atoms with Crippen LogP contribution in [0.3, 0.4) is 0 Å². The summed E-state index contributed by atoms with van der Waals surface area (Å²) >= 11 is 0. The van der Waals surface area contributed by atoms with Crippen molar-refractivity contribution in [2.45, 2.75) is 13.5 Å². The van der Waals surface area contributed by atoms with Gasteiger partial charge in [-0.1, -0.05) is 6.07 Å². The summed E-state index contributed by atoms with van der Waals surface area (Å²) in [5, 5.41) is 22.3. The van der Waals surface area contributed by atoms with E-state index in [2.05, 4.69) is 5.10 Å². The van der Waals surface area contributed by atoms with Gasteiger partial charge in [0.25, 0.3) is 0 Å². The lowest BCUT2D eigenvalue weighted by atomic mass is 9.77. The van der Waals surface area contributed by atoms with Crippen molar-refractivity contribution in [1.82, 2.24) is 9.78 Å². The Hall–Kier alpha value is -1.79. The zero-order valence-electron chi connectivity index (χ0n) is 10.4. The van der Waals surface area contributed by atoms with E-state index in [-0.39, 0.29) is 0 Å². The largest absolute Gasteiger partial charge is 0.489 e. The standard InChI is InChI=1S/C12H15BN2O3/c1-9-5-11(3-4-12(9)13(16)17)18-8-10-6-14-15(2)7-10/h3-7,16-17H,8H2,1-2H3. The molecule has 0 unspecified atom stereocenters. The number of nitrogens with zero attached hydrogens (tertiary/aromatic N) is 2. The number of aromatic nitrogens is 2. The maximum Gasteiger partial charge on any atom is 0.488 e. The van der Waals surface area contributed by atoms with E-state index < -0.39 is 7.12 Å². The quantitative estimate of drug-likeness (QED) is 0.744. The Morgan fingerprint density at radius 2 is 2.17 bits per heavy atom. The van der Waals surface area contributed by atoms with Gasteiger partial charge >= 0.3 is 7.12 Å². The SMILES string of the molecule is Cc1cc(OCc2cnn(C)c2)ccc1B(O)O. The highest BCUT2D eigenvalue weighted by Gasteiger charge is 2.13. The van der Waals surface area contributed by atoms with Crippen LogP contribution in [0.4, 0.5) is 0 Å². The lowest BCUT2D eigenvalue weighted by molar-refractivity contribution is 0.306. The van der Waals surface area contributed by atoms with Crippen LogP contribution in [-0.4, -0.2) is 26.9 Å². The highest BCUT2D eigenvalue weighted by atomic mass is 16.5. The molecule has 1 aromatic carbocycles. The van der Waals surface area contributed by atoms with Crippen LogP contribution in [0.25, 0.3) is 0 Å². The first-order valence-corrected chi connectivity index (χ1v) is 5.63. The summed E-state index contributed by atoms with van der Waals surface area (Å²) in [6.45, 7) is 2.25. The van der Waals surface area contributed by atoms with Crippen molar-refractivity contribution in [1.29, 1.82) is 0 Å². The zero-order chi connectivity index (χ0) is 13.1. The molecule has 0 amide bonds. The molecular formula is C12H15BN2O3. The summed E-state index contributed by atoms with van der Waals surface area (Å²) in [5.74, 6) is 0.695. The van der Waals surface area contributed by atoms with Gasteiger partial charge in [-0.3, -0.25) is 4.68 Å². The Balaban J connectivity index is 2.04. The van der Waals surface area contributed by atoms with E-state index in [0.717, 1.165) is 11.1 Å². The van der Waals surface area contributed by atoms with Crippen molar-refractivity contribution in [3.8, 4) is 5.75 Å². The van der Waals surface area contributed by atoms with Crippen LogP contribution in [0, 0.1) is 6.92 Å². The fourth-order valence-corrected chi connectivity index (χ4v) is 1.74. The van der Waals surface area contributed by atoms with Gasteiger partial charge in [-0.2, -0.15) is 5.10 Å². The second kappa shape index (κ2) is 5.24. The highest BCUT2D eigenvalue weighted by Crippen LogP contribution is 2.13. The number of aryl methyl sites for hydroxylation is 2. The molecule has 2 N–H and O–H groups in total. The van der Waals surface area contributed by atoms with Crippen LogP contribution in [0.2, 0.25) is 0 Å². The molecule has 1 aromatic heterocycles. The van der Waals surface area contributed by atoms with Crippen LogP contribution in [0.1, 0.15) is 11.1 Å². The first-order valence-electron chi connectivity index (χ1n) is 5.63. The molecule has 0 saturated carbocycles. The Labute approximate surface area is 106 Å². The molecule has 0 aliphatic heterocycles. The normalized spacial score (nSPS) is 10.4. The molecule has 5 nitrogen and oxygen atoms in total. The van der Waals surface area contributed by atoms with E-state index in [9.17, 15) is 0 Å². The minimum Gasteiger partial charge on any atom is -0.489 e.